The molecule has 1 aliphatic heterocycles. The van der Waals surface area contributed by atoms with Crippen molar-refractivity contribution in [2.45, 2.75) is 39.7 Å². The Labute approximate surface area is 81.0 Å². The Morgan fingerprint density at radius 2 is 2.31 bits per heavy atom. The summed E-state index contributed by atoms with van der Waals surface area (Å²) >= 11 is 0. The van der Waals surface area contributed by atoms with Crippen LogP contribution in [-0.2, 0) is 4.74 Å². The van der Waals surface area contributed by atoms with E-state index >= 15 is 0 Å². The lowest BCUT2D eigenvalue weighted by molar-refractivity contribution is 0.133. The molecule has 0 saturated carbocycles. The zero-order valence-corrected chi connectivity index (χ0v) is 8.97. The summed E-state index contributed by atoms with van der Waals surface area (Å²) in [6.07, 6.45) is 2.27. The smallest absolute Gasteiger partial charge is 0.0510 e. The first-order valence-electron chi connectivity index (χ1n) is 5.15. The number of nitrogens with one attached hydrogen (secondary N) is 1. The lowest BCUT2D eigenvalue weighted by Gasteiger charge is -2.36. The van der Waals surface area contributed by atoms with Gasteiger partial charge in [0.05, 0.1) is 6.61 Å². The van der Waals surface area contributed by atoms with Crippen LogP contribution >= 0.6 is 0 Å². The number of hydrogen-bond acceptors (Lipinski definition) is 3. The first kappa shape index (κ1) is 11.0. The summed E-state index contributed by atoms with van der Waals surface area (Å²) in [4.78, 5) is 0. The molecule has 3 heteroatoms. The highest BCUT2D eigenvalue weighted by molar-refractivity contribution is 4.88. The Hall–Kier alpha value is -0.120. The van der Waals surface area contributed by atoms with Crippen LogP contribution in [0.4, 0.5) is 0 Å². The number of nitrogens with two attached hydrogens (primary N) is 1. The molecule has 1 fully saturated rings. The van der Waals surface area contributed by atoms with E-state index in [1.807, 2.05) is 0 Å². The van der Waals surface area contributed by atoms with E-state index < -0.39 is 0 Å². The molecule has 13 heavy (non-hydrogen) atoms. The molecule has 3 N–H and O–H groups in total. The maximum atomic E-state index is 5.61. The molecule has 3 nitrogen and oxygen atoms in total. The number of ether oxygens (including phenoxy) is 1. The third-order valence-corrected chi connectivity index (χ3v) is 3.37. The van der Waals surface area contributed by atoms with Crippen molar-refractivity contribution in [1.82, 2.24) is 5.43 Å². The second kappa shape index (κ2) is 4.40. The predicted molar refractivity (Wildman–Crippen MR) is 54.1 cm³/mol. The predicted octanol–water partition coefficient (Wildman–Crippen LogP) is 1.29. The highest BCUT2D eigenvalue weighted by atomic mass is 16.5. The van der Waals surface area contributed by atoms with Crippen molar-refractivity contribution in [2.24, 2.45) is 17.2 Å². The molecule has 78 valence electrons. The molecule has 1 aliphatic rings. The highest BCUT2D eigenvalue weighted by Crippen LogP contribution is 2.32. The van der Waals surface area contributed by atoms with Crippen molar-refractivity contribution in [3.63, 3.8) is 0 Å². The molecule has 0 radical (unpaired) electrons. The van der Waals surface area contributed by atoms with Gasteiger partial charge in [-0.05, 0) is 18.3 Å². The molecule has 2 atom stereocenters. The minimum absolute atomic E-state index is 0.257. The third kappa shape index (κ3) is 2.42. The van der Waals surface area contributed by atoms with Crippen LogP contribution < -0.4 is 11.3 Å². The van der Waals surface area contributed by atoms with Crippen LogP contribution in [0.5, 0.6) is 0 Å². The normalized spacial score (nSPS) is 26.3. The molecule has 0 aromatic heterocycles. The lowest BCUT2D eigenvalue weighted by atomic mass is 9.75. The summed E-state index contributed by atoms with van der Waals surface area (Å²) in [6.45, 7) is 8.48. The molecule has 1 heterocycles. The SMILES string of the molecule is CCC(C)(C)C(NN)C1CCOC1. The number of hydrazine groups is 1. The van der Waals surface area contributed by atoms with E-state index in [9.17, 15) is 0 Å². The standard InChI is InChI=1S/C10H22N2O/c1-4-10(2,3)9(12-11)8-5-6-13-7-8/h8-9,12H,4-7,11H2,1-3H3. The van der Waals surface area contributed by atoms with Gasteiger partial charge in [-0.1, -0.05) is 20.8 Å². The van der Waals surface area contributed by atoms with Gasteiger partial charge in [-0.25, -0.2) is 0 Å². The zero-order chi connectivity index (χ0) is 9.90. The van der Waals surface area contributed by atoms with E-state index in [4.69, 9.17) is 10.6 Å². The van der Waals surface area contributed by atoms with Gasteiger partial charge in [0.15, 0.2) is 0 Å². The summed E-state index contributed by atoms with van der Waals surface area (Å²) in [7, 11) is 0. The summed E-state index contributed by atoms with van der Waals surface area (Å²) in [6, 6.07) is 0.375. The van der Waals surface area contributed by atoms with Gasteiger partial charge >= 0.3 is 0 Å². The Balaban J connectivity index is 2.59. The molecule has 0 aromatic carbocycles. The van der Waals surface area contributed by atoms with Gasteiger partial charge in [-0.15, -0.1) is 0 Å². The van der Waals surface area contributed by atoms with Crippen molar-refractivity contribution in [1.29, 1.82) is 0 Å². The number of rotatable bonds is 4. The van der Waals surface area contributed by atoms with Gasteiger partial charge < -0.3 is 4.74 Å². The van der Waals surface area contributed by atoms with Gasteiger partial charge in [0.25, 0.3) is 0 Å². The molecule has 0 aliphatic carbocycles. The monoisotopic (exact) mass is 186 g/mol. The van der Waals surface area contributed by atoms with Gasteiger partial charge in [0.2, 0.25) is 0 Å². The molecule has 0 bridgehead atoms. The van der Waals surface area contributed by atoms with Crippen molar-refractivity contribution in [2.75, 3.05) is 13.2 Å². The van der Waals surface area contributed by atoms with E-state index in [1.165, 1.54) is 0 Å². The minimum Gasteiger partial charge on any atom is -0.381 e. The molecule has 1 rings (SSSR count). The minimum atomic E-state index is 0.257. The molecule has 0 aromatic rings. The number of hydrogen-bond donors (Lipinski definition) is 2. The molecule has 1 saturated heterocycles. The van der Waals surface area contributed by atoms with Gasteiger partial charge in [-0.3, -0.25) is 11.3 Å². The Morgan fingerprint density at radius 1 is 1.62 bits per heavy atom. The van der Waals surface area contributed by atoms with Crippen LogP contribution in [-0.4, -0.2) is 19.3 Å². The van der Waals surface area contributed by atoms with Gasteiger partial charge in [-0.2, -0.15) is 0 Å². The maximum Gasteiger partial charge on any atom is 0.0510 e. The summed E-state index contributed by atoms with van der Waals surface area (Å²) < 4.78 is 5.38. The topological polar surface area (TPSA) is 47.3 Å². The van der Waals surface area contributed by atoms with Crippen LogP contribution in [0.25, 0.3) is 0 Å². The van der Waals surface area contributed by atoms with E-state index in [2.05, 4.69) is 26.2 Å². The first-order chi connectivity index (χ1) is 6.11. The summed E-state index contributed by atoms with van der Waals surface area (Å²) in [5, 5.41) is 0. The van der Waals surface area contributed by atoms with Crippen LogP contribution in [0, 0.1) is 11.3 Å². The Morgan fingerprint density at radius 3 is 2.69 bits per heavy atom. The van der Waals surface area contributed by atoms with Crippen LogP contribution in [0.1, 0.15) is 33.6 Å². The van der Waals surface area contributed by atoms with Gasteiger partial charge in [0, 0.05) is 18.6 Å². The summed E-state index contributed by atoms with van der Waals surface area (Å²) in [5.74, 6) is 6.19. The van der Waals surface area contributed by atoms with E-state index in [0.29, 0.717) is 12.0 Å². The highest BCUT2D eigenvalue weighted by Gasteiger charge is 2.35. The Bertz CT molecular complexity index is 153. The second-order valence-corrected chi connectivity index (χ2v) is 4.61. The largest absolute Gasteiger partial charge is 0.381 e. The van der Waals surface area contributed by atoms with Crippen LogP contribution in [0.3, 0.4) is 0 Å². The van der Waals surface area contributed by atoms with Crippen molar-refractivity contribution >= 4 is 0 Å². The summed E-state index contributed by atoms with van der Waals surface area (Å²) in [5.41, 5.74) is 3.21. The molecule has 2 unspecified atom stereocenters. The Kier molecular flexibility index (Phi) is 3.71. The van der Waals surface area contributed by atoms with Crippen molar-refractivity contribution in [3.05, 3.63) is 0 Å². The molecule has 0 amide bonds. The first-order valence-corrected chi connectivity index (χ1v) is 5.15. The van der Waals surface area contributed by atoms with E-state index in [0.717, 1.165) is 26.1 Å². The van der Waals surface area contributed by atoms with E-state index in [-0.39, 0.29) is 5.41 Å². The second-order valence-electron chi connectivity index (χ2n) is 4.61. The van der Waals surface area contributed by atoms with E-state index in [1.54, 1.807) is 0 Å². The van der Waals surface area contributed by atoms with Crippen molar-refractivity contribution < 1.29 is 4.74 Å². The molecular formula is C10H22N2O. The van der Waals surface area contributed by atoms with Crippen LogP contribution in [0.15, 0.2) is 0 Å². The molecule has 0 spiro atoms. The zero-order valence-electron chi connectivity index (χ0n) is 8.97. The fourth-order valence-corrected chi connectivity index (χ4v) is 2.04. The average Bonchev–Trinajstić information content (AvgIpc) is 2.58. The quantitative estimate of drug-likeness (QED) is 0.514. The van der Waals surface area contributed by atoms with Crippen LogP contribution in [0.2, 0.25) is 0 Å². The molecular weight excluding hydrogens is 164 g/mol. The fourth-order valence-electron chi connectivity index (χ4n) is 2.04. The third-order valence-electron chi connectivity index (χ3n) is 3.37. The average molecular weight is 186 g/mol. The fraction of sp³-hybridized carbons (Fsp3) is 1.00. The maximum absolute atomic E-state index is 5.61. The lowest BCUT2D eigenvalue weighted by Crippen LogP contribution is -2.50. The van der Waals surface area contributed by atoms with Gasteiger partial charge in [0.1, 0.15) is 0 Å². The van der Waals surface area contributed by atoms with Crippen molar-refractivity contribution in [3.8, 4) is 0 Å².